The van der Waals surface area contributed by atoms with Gasteiger partial charge in [-0.15, -0.1) is 0 Å². The first kappa shape index (κ1) is 18.2. The molecule has 0 saturated carbocycles. The highest BCUT2D eigenvalue weighted by atomic mass is 79.9. The van der Waals surface area contributed by atoms with Gasteiger partial charge in [0.25, 0.3) is 5.56 Å². The van der Waals surface area contributed by atoms with Crippen LogP contribution >= 0.6 is 15.9 Å². The quantitative estimate of drug-likeness (QED) is 0.616. The van der Waals surface area contributed by atoms with E-state index in [4.69, 9.17) is 4.74 Å². The maximum atomic E-state index is 12.8. The lowest BCUT2D eigenvalue weighted by Gasteiger charge is -2.04. The van der Waals surface area contributed by atoms with Crippen LogP contribution in [0.5, 0.6) is 5.75 Å². The SMILES string of the molecule is CCOc1ccc(N=Cc2c(C)[nH]n(-c3ccc(Br)c(C)c3)c2=O)cc1. The molecule has 3 aromatic rings. The fourth-order valence-electron chi connectivity index (χ4n) is 2.60. The van der Waals surface area contributed by atoms with Crippen molar-refractivity contribution >= 4 is 27.8 Å². The average Bonchev–Trinajstić information content (AvgIpc) is 2.91. The number of hydrogen-bond acceptors (Lipinski definition) is 3. The largest absolute Gasteiger partial charge is 0.494 e. The number of nitrogens with one attached hydrogen (secondary N) is 1. The summed E-state index contributed by atoms with van der Waals surface area (Å²) in [6.45, 7) is 6.42. The fraction of sp³-hybridized carbons (Fsp3) is 0.200. The summed E-state index contributed by atoms with van der Waals surface area (Å²) in [5.41, 5.74) is 3.80. The Bertz CT molecular complexity index is 1000. The van der Waals surface area contributed by atoms with E-state index in [1.54, 1.807) is 6.21 Å². The number of aliphatic imine (C=N–C) groups is 1. The first-order valence-corrected chi connectivity index (χ1v) is 9.14. The van der Waals surface area contributed by atoms with E-state index in [1.807, 2.05) is 63.2 Å². The Hall–Kier alpha value is -2.60. The second kappa shape index (κ2) is 7.74. The normalized spacial score (nSPS) is 11.2. The van der Waals surface area contributed by atoms with E-state index in [2.05, 4.69) is 26.0 Å². The van der Waals surface area contributed by atoms with Gasteiger partial charge >= 0.3 is 0 Å². The van der Waals surface area contributed by atoms with Crippen LogP contribution in [0, 0.1) is 13.8 Å². The molecule has 0 spiro atoms. The van der Waals surface area contributed by atoms with E-state index < -0.39 is 0 Å². The lowest BCUT2D eigenvalue weighted by atomic mass is 10.2. The molecule has 0 aliphatic heterocycles. The molecule has 0 unspecified atom stereocenters. The molecular weight excluding hydrogens is 394 g/mol. The molecular formula is C20H20BrN3O2. The molecule has 0 atom stereocenters. The predicted octanol–water partition coefficient (Wildman–Crippen LogP) is 4.69. The lowest BCUT2D eigenvalue weighted by molar-refractivity contribution is 0.340. The maximum absolute atomic E-state index is 12.8. The van der Waals surface area contributed by atoms with E-state index in [1.165, 1.54) is 4.68 Å². The van der Waals surface area contributed by atoms with Gasteiger partial charge in [0.15, 0.2) is 0 Å². The first-order chi connectivity index (χ1) is 12.5. The van der Waals surface area contributed by atoms with E-state index >= 15 is 0 Å². The van der Waals surface area contributed by atoms with Crippen LogP contribution in [0.3, 0.4) is 0 Å². The summed E-state index contributed by atoms with van der Waals surface area (Å²) in [4.78, 5) is 17.2. The van der Waals surface area contributed by atoms with Gasteiger partial charge < -0.3 is 4.74 Å². The van der Waals surface area contributed by atoms with Crippen LogP contribution in [0.4, 0.5) is 5.69 Å². The fourth-order valence-corrected chi connectivity index (χ4v) is 2.84. The third-order valence-corrected chi connectivity index (χ3v) is 4.90. The Kier molecular flexibility index (Phi) is 5.42. The second-order valence-corrected chi connectivity index (χ2v) is 6.76. The molecule has 3 rings (SSSR count). The first-order valence-electron chi connectivity index (χ1n) is 8.34. The molecule has 1 heterocycles. The molecule has 0 radical (unpaired) electrons. The predicted molar refractivity (Wildman–Crippen MR) is 108 cm³/mol. The summed E-state index contributed by atoms with van der Waals surface area (Å²) in [6, 6.07) is 13.2. The number of halogens is 1. The van der Waals surface area contributed by atoms with Crippen molar-refractivity contribution in [1.82, 2.24) is 9.78 Å². The number of H-pyrrole nitrogens is 1. The molecule has 0 bridgehead atoms. The number of aryl methyl sites for hydroxylation is 2. The summed E-state index contributed by atoms with van der Waals surface area (Å²) in [7, 11) is 0. The molecule has 0 saturated heterocycles. The molecule has 0 aliphatic rings. The van der Waals surface area contributed by atoms with Crippen molar-refractivity contribution in [3.8, 4) is 11.4 Å². The summed E-state index contributed by atoms with van der Waals surface area (Å²) in [6.07, 6.45) is 1.60. The zero-order valence-corrected chi connectivity index (χ0v) is 16.5. The topological polar surface area (TPSA) is 59.4 Å². The van der Waals surface area contributed by atoms with Crippen LogP contribution in [0.15, 0.2) is 56.7 Å². The molecule has 0 fully saturated rings. The van der Waals surface area contributed by atoms with Crippen LogP contribution in [0.2, 0.25) is 0 Å². The third-order valence-electron chi connectivity index (χ3n) is 4.01. The van der Waals surface area contributed by atoms with Crippen molar-refractivity contribution in [2.75, 3.05) is 6.61 Å². The van der Waals surface area contributed by atoms with Crippen LogP contribution in [-0.2, 0) is 0 Å². The van der Waals surface area contributed by atoms with Gasteiger partial charge in [0.05, 0.1) is 23.5 Å². The smallest absolute Gasteiger partial charge is 0.280 e. The van der Waals surface area contributed by atoms with Crippen LogP contribution in [0.1, 0.15) is 23.7 Å². The second-order valence-electron chi connectivity index (χ2n) is 5.91. The monoisotopic (exact) mass is 413 g/mol. The van der Waals surface area contributed by atoms with E-state index in [-0.39, 0.29) is 5.56 Å². The number of ether oxygens (including phenoxy) is 1. The average molecular weight is 414 g/mol. The number of benzene rings is 2. The van der Waals surface area contributed by atoms with Crippen LogP contribution < -0.4 is 10.3 Å². The Labute approximate surface area is 160 Å². The molecule has 26 heavy (non-hydrogen) atoms. The van der Waals surface area contributed by atoms with Gasteiger partial charge in [-0.25, -0.2) is 4.68 Å². The maximum Gasteiger partial charge on any atom is 0.280 e. The molecule has 6 heteroatoms. The minimum Gasteiger partial charge on any atom is -0.494 e. The zero-order chi connectivity index (χ0) is 18.7. The van der Waals surface area contributed by atoms with Gasteiger partial charge in [0.2, 0.25) is 0 Å². The highest BCUT2D eigenvalue weighted by Gasteiger charge is 2.11. The summed E-state index contributed by atoms with van der Waals surface area (Å²) in [5.74, 6) is 0.803. The van der Waals surface area contributed by atoms with Gasteiger partial charge in [0, 0.05) is 16.4 Å². The molecule has 5 nitrogen and oxygen atoms in total. The Morgan fingerprint density at radius 2 is 1.92 bits per heavy atom. The van der Waals surface area contributed by atoms with Gasteiger partial charge in [-0.2, -0.15) is 0 Å². The van der Waals surface area contributed by atoms with Gasteiger partial charge in [0.1, 0.15) is 5.75 Å². The number of nitrogens with zero attached hydrogens (tertiary/aromatic N) is 2. The van der Waals surface area contributed by atoms with Crippen molar-refractivity contribution in [1.29, 1.82) is 0 Å². The number of hydrogen-bond donors (Lipinski definition) is 1. The molecule has 134 valence electrons. The number of aromatic amines is 1. The van der Waals surface area contributed by atoms with Gasteiger partial charge in [-0.1, -0.05) is 15.9 Å². The van der Waals surface area contributed by atoms with Crippen molar-refractivity contribution in [3.05, 3.63) is 74.1 Å². The Balaban J connectivity index is 1.90. The van der Waals surface area contributed by atoms with Gasteiger partial charge in [-0.3, -0.25) is 14.9 Å². The van der Waals surface area contributed by atoms with Crippen molar-refractivity contribution in [3.63, 3.8) is 0 Å². The van der Waals surface area contributed by atoms with Crippen molar-refractivity contribution in [2.45, 2.75) is 20.8 Å². The Morgan fingerprint density at radius 3 is 2.58 bits per heavy atom. The number of rotatable bonds is 5. The molecule has 1 N–H and O–H groups in total. The highest BCUT2D eigenvalue weighted by Crippen LogP contribution is 2.20. The molecule has 0 amide bonds. The summed E-state index contributed by atoms with van der Waals surface area (Å²) >= 11 is 3.48. The molecule has 1 aromatic heterocycles. The van der Waals surface area contributed by atoms with Crippen LogP contribution in [-0.4, -0.2) is 22.6 Å². The molecule has 0 aliphatic carbocycles. The zero-order valence-electron chi connectivity index (χ0n) is 14.9. The standard InChI is InChI=1S/C20H20BrN3O2/c1-4-26-17-8-5-15(6-9-17)22-12-18-14(3)23-24(20(18)25)16-7-10-19(21)13(2)11-16/h5-12,23H,4H2,1-3H3. The van der Waals surface area contributed by atoms with Crippen LogP contribution in [0.25, 0.3) is 5.69 Å². The van der Waals surface area contributed by atoms with E-state index in [9.17, 15) is 4.79 Å². The van der Waals surface area contributed by atoms with Crippen molar-refractivity contribution in [2.24, 2.45) is 4.99 Å². The third kappa shape index (κ3) is 3.80. The highest BCUT2D eigenvalue weighted by molar-refractivity contribution is 9.10. The minimum absolute atomic E-state index is 0.126. The lowest BCUT2D eigenvalue weighted by Crippen LogP contribution is -2.17. The van der Waals surface area contributed by atoms with Gasteiger partial charge in [-0.05, 0) is 68.8 Å². The summed E-state index contributed by atoms with van der Waals surface area (Å²) < 4.78 is 7.96. The van der Waals surface area contributed by atoms with Crippen molar-refractivity contribution < 1.29 is 4.74 Å². The minimum atomic E-state index is -0.126. The molecule has 2 aromatic carbocycles. The number of aromatic nitrogens is 2. The Morgan fingerprint density at radius 1 is 1.19 bits per heavy atom. The van der Waals surface area contributed by atoms with E-state index in [0.717, 1.165) is 32.9 Å². The summed E-state index contributed by atoms with van der Waals surface area (Å²) in [5, 5.41) is 3.12. The van der Waals surface area contributed by atoms with E-state index in [0.29, 0.717) is 12.2 Å².